The number of hydrogen-bond acceptors (Lipinski definition) is 2. The average molecular weight is 254 g/mol. The number of carbonyl (C=O) groups is 1. The van der Waals surface area contributed by atoms with E-state index < -0.39 is 0 Å². The highest BCUT2D eigenvalue weighted by atomic mass is 16.1. The molecule has 3 nitrogen and oxygen atoms in total. The van der Waals surface area contributed by atoms with E-state index in [1.165, 1.54) is 32.1 Å². The molecule has 106 valence electrons. The molecule has 0 heterocycles. The molecule has 0 radical (unpaired) electrons. The van der Waals surface area contributed by atoms with E-state index in [-0.39, 0.29) is 5.91 Å². The maximum atomic E-state index is 11.8. The summed E-state index contributed by atoms with van der Waals surface area (Å²) < 4.78 is 0. The molecule has 0 unspecified atom stereocenters. The first-order chi connectivity index (χ1) is 8.58. The van der Waals surface area contributed by atoms with E-state index in [0.29, 0.717) is 17.9 Å². The van der Waals surface area contributed by atoms with Crippen LogP contribution in [0.1, 0.15) is 65.7 Å². The maximum Gasteiger partial charge on any atom is 0.220 e. The molecule has 18 heavy (non-hydrogen) atoms. The lowest BCUT2D eigenvalue weighted by Crippen LogP contribution is -2.36. The van der Waals surface area contributed by atoms with Gasteiger partial charge in [-0.15, -0.1) is 0 Å². The van der Waals surface area contributed by atoms with Gasteiger partial charge in [-0.05, 0) is 37.6 Å². The first-order valence-electron chi connectivity index (χ1n) is 7.58. The number of nitrogens with one attached hydrogen (secondary N) is 2. The van der Waals surface area contributed by atoms with Crippen LogP contribution in [0.2, 0.25) is 0 Å². The minimum absolute atomic E-state index is 0.222. The smallest absolute Gasteiger partial charge is 0.220 e. The first kappa shape index (κ1) is 15.5. The molecule has 0 bridgehead atoms. The van der Waals surface area contributed by atoms with Gasteiger partial charge in [-0.1, -0.05) is 33.6 Å². The van der Waals surface area contributed by atoms with E-state index in [0.717, 1.165) is 19.5 Å². The standard InChI is InChI=1S/C15H30N2O/c1-4-15(9-5-6-10-15)12-17-14(18)8-7-11-16-13(2)3/h13,16H,4-12H2,1-3H3,(H,17,18). The summed E-state index contributed by atoms with van der Waals surface area (Å²) in [5, 5.41) is 6.47. The summed E-state index contributed by atoms with van der Waals surface area (Å²) >= 11 is 0. The van der Waals surface area contributed by atoms with Crippen LogP contribution in [0.15, 0.2) is 0 Å². The fourth-order valence-corrected chi connectivity index (χ4v) is 2.79. The molecule has 0 saturated heterocycles. The van der Waals surface area contributed by atoms with Crippen molar-refractivity contribution in [1.29, 1.82) is 0 Å². The topological polar surface area (TPSA) is 41.1 Å². The molecular formula is C15H30N2O. The minimum atomic E-state index is 0.222. The Hall–Kier alpha value is -0.570. The van der Waals surface area contributed by atoms with Gasteiger partial charge in [-0.3, -0.25) is 4.79 Å². The summed E-state index contributed by atoms with van der Waals surface area (Å²) in [7, 11) is 0. The molecule has 1 aliphatic carbocycles. The number of carbonyl (C=O) groups excluding carboxylic acids is 1. The SMILES string of the molecule is CCC1(CNC(=O)CCCNC(C)C)CCCC1. The van der Waals surface area contributed by atoms with E-state index in [2.05, 4.69) is 31.4 Å². The predicted molar refractivity (Wildman–Crippen MR) is 76.6 cm³/mol. The fourth-order valence-electron chi connectivity index (χ4n) is 2.79. The molecule has 3 heteroatoms. The van der Waals surface area contributed by atoms with E-state index >= 15 is 0 Å². The first-order valence-corrected chi connectivity index (χ1v) is 7.58. The molecule has 1 fully saturated rings. The van der Waals surface area contributed by atoms with Crippen LogP contribution >= 0.6 is 0 Å². The second kappa shape index (κ2) is 7.78. The zero-order chi connectivity index (χ0) is 13.4. The molecule has 0 aromatic heterocycles. The Morgan fingerprint density at radius 1 is 1.28 bits per heavy atom. The molecule has 0 aliphatic heterocycles. The summed E-state index contributed by atoms with van der Waals surface area (Å²) in [6.45, 7) is 8.34. The Morgan fingerprint density at radius 2 is 1.94 bits per heavy atom. The quantitative estimate of drug-likeness (QED) is 0.654. The summed E-state index contributed by atoms with van der Waals surface area (Å²) in [5.74, 6) is 0.222. The van der Waals surface area contributed by atoms with Crippen molar-refractivity contribution in [2.45, 2.75) is 71.8 Å². The van der Waals surface area contributed by atoms with Crippen LogP contribution in [-0.4, -0.2) is 25.0 Å². The Morgan fingerprint density at radius 3 is 2.50 bits per heavy atom. The third-order valence-corrected chi connectivity index (χ3v) is 4.21. The molecular weight excluding hydrogens is 224 g/mol. The van der Waals surface area contributed by atoms with Crippen molar-refractivity contribution in [2.75, 3.05) is 13.1 Å². The van der Waals surface area contributed by atoms with Crippen molar-refractivity contribution in [3.8, 4) is 0 Å². The Bertz CT molecular complexity index is 245. The molecule has 0 spiro atoms. The van der Waals surface area contributed by atoms with Gasteiger partial charge in [-0.25, -0.2) is 0 Å². The lowest BCUT2D eigenvalue weighted by Gasteiger charge is -2.27. The van der Waals surface area contributed by atoms with Gasteiger partial charge in [0.1, 0.15) is 0 Å². The van der Waals surface area contributed by atoms with E-state index in [4.69, 9.17) is 0 Å². The van der Waals surface area contributed by atoms with Crippen LogP contribution < -0.4 is 10.6 Å². The van der Waals surface area contributed by atoms with Crippen LogP contribution in [0, 0.1) is 5.41 Å². The third kappa shape index (κ3) is 5.38. The van der Waals surface area contributed by atoms with Crippen molar-refractivity contribution in [3.05, 3.63) is 0 Å². The Labute approximate surface area is 112 Å². The average Bonchev–Trinajstić information content (AvgIpc) is 2.81. The molecule has 1 aliphatic rings. The van der Waals surface area contributed by atoms with Crippen LogP contribution in [0.5, 0.6) is 0 Å². The lowest BCUT2D eigenvalue weighted by molar-refractivity contribution is -0.121. The summed E-state index contributed by atoms with van der Waals surface area (Å²) in [4.78, 5) is 11.8. The zero-order valence-corrected chi connectivity index (χ0v) is 12.3. The van der Waals surface area contributed by atoms with Gasteiger partial charge in [0.05, 0.1) is 0 Å². The number of amides is 1. The van der Waals surface area contributed by atoms with Crippen LogP contribution in [0.25, 0.3) is 0 Å². The predicted octanol–water partition coefficient (Wildman–Crippen LogP) is 2.85. The number of hydrogen-bond donors (Lipinski definition) is 2. The van der Waals surface area contributed by atoms with Gasteiger partial charge >= 0.3 is 0 Å². The van der Waals surface area contributed by atoms with Gasteiger partial charge in [0.25, 0.3) is 0 Å². The van der Waals surface area contributed by atoms with Crippen molar-refractivity contribution in [2.24, 2.45) is 5.41 Å². The molecule has 0 aromatic rings. The van der Waals surface area contributed by atoms with Gasteiger partial charge in [0, 0.05) is 19.0 Å². The molecule has 2 N–H and O–H groups in total. The van der Waals surface area contributed by atoms with Crippen molar-refractivity contribution in [3.63, 3.8) is 0 Å². The third-order valence-electron chi connectivity index (χ3n) is 4.21. The van der Waals surface area contributed by atoms with Crippen LogP contribution in [0.3, 0.4) is 0 Å². The van der Waals surface area contributed by atoms with Gasteiger partial charge < -0.3 is 10.6 Å². The lowest BCUT2D eigenvalue weighted by atomic mass is 9.83. The largest absolute Gasteiger partial charge is 0.356 e. The highest BCUT2D eigenvalue weighted by molar-refractivity contribution is 5.75. The second-order valence-electron chi connectivity index (χ2n) is 6.05. The molecule has 1 saturated carbocycles. The summed E-state index contributed by atoms with van der Waals surface area (Å²) in [5.41, 5.74) is 0.409. The van der Waals surface area contributed by atoms with E-state index in [1.807, 2.05) is 0 Å². The highest BCUT2D eigenvalue weighted by Gasteiger charge is 2.31. The second-order valence-corrected chi connectivity index (χ2v) is 6.05. The normalized spacial score (nSPS) is 18.2. The molecule has 1 rings (SSSR count). The van der Waals surface area contributed by atoms with Gasteiger partial charge in [0.15, 0.2) is 0 Å². The van der Waals surface area contributed by atoms with Crippen LogP contribution in [0.4, 0.5) is 0 Å². The van der Waals surface area contributed by atoms with Crippen molar-refractivity contribution in [1.82, 2.24) is 10.6 Å². The number of rotatable bonds is 8. The Balaban J connectivity index is 2.12. The zero-order valence-electron chi connectivity index (χ0n) is 12.3. The summed E-state index contributed by atoms with van der Waals surface area (Å²) in [6.07, 6.45) is 8.03. The van der Waals surface area contributed by atoms with Crippen molar-refractivity contribution >= 4 is 5.91 Å². The molecule has 1 amide bonds. The maximum absolute atomic E-state index is 11.8. The monoisotopic (exact) mass is 254 g/mol. The van der Waals surface area contributed by atoms with E-state index in [1.54, 1.807) is 0 Å². The Kier molecular flexibility index (Phi) is 6.69. The van der Waals surface area contributed by atoms with Crippen LogP contribution in [-0.2, 0) is 4.79 Å². The molecule has 0 atom stereocenters. The highest BCUT2D eigenvalue weighted by Crippen LogP contribution is 2.40. The minimum Gasteiger partial charge on any atom is -0.356 e. The van der Waals surface area contributed by atoms with E-state index in [9.17, 15) is 4.79 Å². The summed E-state index contributed by atoms with van der Waals surface area (Å²) in [6, 6.07) is 0.509. The van der Waals surface area contributed by atoms with Gasteiger partial charge in [-0.2, -0.15) is 0 Å². The fraction of sp³-hybridized carbons (Fsp3) is 0.933. The van der Waals surface area contributed by atoms with Gasteiger partial charge in [0.2, 0.25) is 5.91 Å². The molecule has 0 aromatic carbocycles. The van der Waals surface area contributed by atoms with Crippen molar-refractivity contribution < 1.29 is 4.79 Å².